The van der Waals surface area contributed by atoms with Gasteiger partial charge in [0.25, 0.3) is 5.91 Å². The number of anilines is 3. The number of nitrogens with one attached hydrogen (secondary N) is 3. The van der Waals surface area contributed by atoms with Crippen LogP contribution in [-0.4, -0.2) is 46.9 Å². The van der Waals surface area contributed by atoms with Crippen LogP contribution in [-0.2, 0) is 9.59 Å². The Balaban J connectivity index is 1.53. The first-order valence-electron chi connectivity index (χ1n) is 11.8. The number of hydrogen-bond acceptors (Lipinski definition) is 10. The Morgan fingerprint density at radius 2 is 1.81 bits per heavy atom. The molecule has 0 saturated carbocycles. The summed E-state index contributed by atoms with van der Waals surface area (Å²) in [7, 11) is 1.44. The van der Waals surface area contributed by atoms with Crippen LogP contribution in [0.1, 0.15) is 16.8 Å². The quantitative estimate of drug-likeness (QED) is 0.155. The topological polar surface area (TPSA) is 217 Å². The van der Waals surface area contributed by atoms with Crippen LogP contribution in [0, 0.1) is 11.6 Å². The van der Waals surface area contributed by atoms with Crippen LogP contribution in [0.3, 0.4) is 0 Å². The molecule has 2 aromatic heterocycles. The molecule has 5 amide bonds. The second kappa shape index (κ2) is 12.6. The van der Waals surface area contributed by atoms with E-state index in [0.29, 0.717) is 21.7 Å². The van der Waals surface area contributed by atoms with Gasteiger partial charge in [-0.15, -0.1) is 11.3 Å². The van der Waals surface area contributed by atoms with Crippen molar-refractivity contribution in [3.63, 3.8) is 0 Å². The van der Waals surface area contributed by atoms with Gasteiger partial charge >= 0.3 is 6.03 Å². The fourth-order valence-electron chi connectivity index (χ4n) is 3.56. The molecule has 17 heteroatoms. The Kier molecular flexibility index (Phi) is 8.92. The molecule has 13 nitrogen and oxygen atoms in total. The maximum Gasteiger partial charge on any atom is 0.321 e. The Morgan fingerprint density at radius 3 is 2.50 bits per heavy atom. The Bertz CT molecular complexity index is 1690. The van der Waals surface area contributed by atoms with Gasteiger partial charge in [0.05, 0.1) is 24.9 Å². The monoisotopic (exact) mass is 616 g/mol. The largest absolute Gasteiger partial charge is 0.497 e. The summed E-state index contributed by atoms with van der Waals surface area (Å²) in [5.74, 6) is -3.93. The Morgan fingerprint density at radius 1 is 1.05 bits per heavy atom. The maximum atomic E-state index is 14.8. The molecule has 2 aromatic carbocycles. The van der Waals surface area contributed by atoms with Crippen molar-refractivity contribution in [3.05, 3.63) is 59.0 Å². The molecule has 0 spiro atoms. The first-order valence-corrected chi connectivity index (χ1v) is 13.5. The number of hydrogen-bond donors (Lipinski definition) is 6. The number of nitrogens with zero attached hydrogens (tertiary/aromatic N) is 2. The summed E-state index contributed by atoms with van der Waals surface area (Å²) in [6, 6.07) is 5.74. The lowest BCUT2D eigenvalue weighted by Crippen LogP contribution is -2.48. The fourth-order valence-corrected chi connectivity index (χ4v) is 5.35. The molecule has 1 unspecified atom stereocenters. The van der Waals surface area contributed by atoms with Crippen LogP contribution in [0.2, 0.25) is 0 Å². The zero-order valence-corrected chi connectivity index (χ0v) is 23.2. The number of urea groups is 1. The molecule has 2 heterocycles. The summed E-state index contributed by atoms with van der Waals surface area (Å²) in [5, 5.41) is 8.85. The van der Waals surface area contributed by atoms with Crippen LogP contribution < -0.4 is 37.9 Å². The van der Waals surface area contributed by atoms with E-state index in [-0.39, 0.29) is 33.5 Å². The maximum absolute atomic E-state index is 14.8. The lowest BCUT2D eigenvalue weighted by atomic mass is 10.1. The van der Waals surface area contributed by atoms with Gasteiger partial charge in [-0.1, -0.05) is 17.4 Å². The second-order valence-electron chi connectivity index (χ2n) is 8.49. The van der Waals surface area contributed by atoms with Gasteiger partial charge in [0.2, 0.25) is 11.8 Å². The lowest BCUT2D eigenvalue weighted by molar-refractivity contribution is -0.124. The first-order chi connectivity index (χ1) is 19.9. The predicted molar refractivity (Wildman–Crippen MR) is 153 cm³/mol. The first kappa shape index (κ1) is 29.8. The third-order valence-electron chi connectivity index (χ3n) is 5.54. The normalized spacial score (nSPS) is 11.4. The van der Waals surface area contributed by atoms with E-state index in [4.69, 9.17) is 21.9 Å². The van der Waals surface area contributed by atoms with Crippen molar-refractivity contribution in [1.82, 2.24) is 15.3 Å². The second-order valence-corrected chi connectivity index (χ2v) is 10.4. The molecule has 0 saturated heterocycles. The van der Waals surface area contributed by atoms with Crippen molar-refractivity contribution in [2.24, 2.45) is 11.5 Å². The van der Waals surface area contributed by atoms with Crippen molar-refractivity contribution in [1.29, 1.82) is 0 Å². The zero-order chi connectivity index (χ0) is 30.6. The van der Waals surface area contributed by atoms with Gasteiger partial charge in [0.15, 0.2) is 5.13 Å². The van der Waals surface area contributed by atoms with E-state index < -0.39 is 47.8 Å². The summed E-state index contributed by atoms with van der Waals surface area (Å²) < 4.78 is 34.5. The number of primary amides is 2. The number of methoxy groups -OCH3 is 1. The van der Waals surface area contributed by atoms with Crippen molar-refractivity contribution in [2.45, 2.75) is 12.5 Å². The minimum atomic E-state index is -1.34. The van der Waals surface area contributed by atoms with E-state index in [1.54, 1.807) is 12.1 Å². The number of ether oxygens (including phenoxy) is 1. The van der Waals surface area contributed by atoms with Crippen LogP contribution in [0.15, 0.2) is 41.8 Å². The van der Waals surface area contributed by atoms with E-state index >= 15 is 0 Å². The van der Waals surface area contributed by atoms with Crippen LogP contribution in [0.25, 0.3) is 21.1 Å². The summed E-state index contributed by atoms with van der Waals surface area (Å²) in [4.78, 5) is 56.2. The lowest BCUT2D eigenvalue weighted by Gasteiger charge is -2.13. The summed E-state index contributed by atoms with van der Waals surface area (Å²) >= 11 is 2.00. The van der Waals surface area contributed by atoms with Gasteiger partial charge in [-0.3, -0.25) is 19.7 Å². The molecule has 1 atom stereocenters. The number of carbonyl (C=O) groups excluding carboxylic acids is 4. The molecule has 0 bridgehead atoms. The molecule has 0 aliphatic heterocycles. The van der Waals surface area contributed by atoms with Crippen molar-refractivity contribution in [2.75, 3.05) is 23.5 Å². The minimum absolute atomic E-state index is 0.00870. The molecule has 9 N–H and O–H groups in total. The third-order valence-corrected chi connectivity index (χ3v) is 7.52. The molecular weight excluding hydrogens is 594 g/mol. The van der Waals surface area contributed by atoms with Crippen LogP contribution >= 0.6 is 22.7 Å². The molecule has 218 valence electrons. The van der Waals surface area contributed by atoms with E-state index in [1.807, 2.05) is 0 Å². The van der Waals surface area contributed by atoms with Crippen molar-refractivity contribution >= 4 is 63.1 Å². The Hall–Kier alpha value is -5.16. The average molecular weight is 617 g/mol. The number of nitrogens with two attached hydrogens (primary N) is 3. The highest BCUT2D eigenvalue weighted by Gasteiger charge is 2.23. The van der Waals surface area contributed by atoms with Gasteiger partial charge in [-0.25, -0.2) is 23.5 Å². The third kappa shape index (κ3) is 6.94. The number of rotatable bonds is 10. The van der Waals surface area contributed by atoms with Gasteiger partial charge in [0.1, 0.15) is 39.1 Å². The van der Waals surface area contributed by atoms with E-state index in [0.717, 1.165) is 28.7 Å². The fraction of sp³-hybridized carbons (Fsp3) is 0.120. The number of nitrogen functional groups attached to an aromatic ring is 1. The summed E-state index contributed by atoms with van der Waals surface area (Å²) in [6.45, 7) is 0. The van der Waals surface area contributed by atoms with Crippen LogP contribution in [0.5, 0.6) is 5.75 Å². The van der Waals surface area contributed by atoms with Crippen LogP contribution in [0.4, 0.5) is 30.2 Å². The molecule has 0 radical (unpaired) electrons. The number of thiazole rings is 2. The van der Waals surface area contributed by atoms with Gasteiger partial charge < -0.3 is 32.6 Å². The molecule has 0 fully saturated rings. The highest BCUT2D eigenvalue weighted by molar-refractivity contribution is 7.23. The van der Waals surface area contributed by atoms with Gasteiger partial charge in [-0.05, 0) is 24.3 Å². The Labute approximate surface area is 244 Å². The van der Waals surface area contributed by atoms with Gasteiger partial charge in [0, 0.05) is 22.6 Å². The standard InChI is InChI=1S/C25H22F2N8O5S2/c1-40-11-4-2-3-10(5-11)22(38)31-15-6-12(13(26)7-14(15)27)17-9-41-23(32-17)19-20(29)34-25(42-19)35-24(39)33-16(21(30)37)8-18(28)36/h2-7,9,16H,8,29H2,1H3,(H2,28,36)(H2,30,37)(H,31,38)(H2,33,34,35,39). The van der Waals surface area contributed by atoms with E-state index in [2.05, 4.69) is 25.9 Å². The zero-order valence-electron chi connectivity index (χ0n) is 21.6. The van der Waals surface area contributed by atoms with E-state index in [1.165, 1.54) is 24.6 Å². The summed E-state index contributed by atoms with van der Waals surface area (Å²) in [5.41, 5.74) is 16.2. The molecule has 0 aliphatic carbocycles. The minimum Gasteiger partial charge on any atom is -0.497 e. The molecule has 42 heavy (non-hydrogen) atoms. The predicted octanol–water partition coefficient (Wildman–Crippen LogP) is 2.91. The SMILES string of the molecule is COc1cccc(C(=O)Nc2cc(-c3csc(-c4sc(NC(=O)NC(CC(N)=O)C(N)=O)nc4N)n3)c(F)cc2F)c1. The van der Waals surface area contributed by atoms with Crippen molar-refractivity contribution in [3.8, 4) is 26.9 Å². The highest BCUT2D eigenvalue weighted by Crippen LogP contribution is 2.39. The molecule has 4 rings (SSSR count). The highest BCUT2D eigenvalue weighted by atomic mass is 32.1. The number of benzene rings is 2. The average Bonchev–Trinajstić information content (AvgIpc) is 3.55. The molecule has 0 aliphatic rings. The number of carbonyl (C=O) groups is 4. The van der Waals surface area contributed by atoms with Gasteiger partial charge in [-0.2, -0.15) is 0 Å². The summed E-state index contributed by atoms with van der Waals surface area (Å²) in [6.07, 6.45) is -0.498. The number of aromatic nitrogens is 2. The van der Waals surface area contributed by atoms with E-state index in [9.17, 15) is 28.0 Å². The number of halogens is 2. The molecule has 4 aromatic rings. The molecular formula is C25H22F2N8O5S2. The number of amides is 5. The smallest absolute Gasteiger partial charge is 0.321 e. The van der Waals surface area contributed by atoms with Crippen molar-refractivity contribution < 1.29 is 32.7 Å².